The minimum Gasteiger partial charge on any atom is -0.355 e. The SMILES string of the molecule is CN=C(NCc1cn2ccsc2n1)NCC(c1ccccc1)c1ccccc1. The van der Waals surface area contributed by atoms with Crippen LogP contribution >= 0.6 is 11.3 Å². The van der Waals surface area contributed by atoms with Crippen LogP contribution in [-0.2, 0) is 6.54 Å². The third-order valence-electron chi connectivity index (χ3n) is 4.68. The molecule has 2 heterocycles. The van der Waals surface area contributed by atoms with E-state index in [0.29, 0.717) is 6.54 Å². The first-order valence-corrected chi connectivity index (χ1v) is 10.2. The molecule has 0 fully saturated rings. The summed E-state index contributed by atoms with van der Waals surface area (Å²) in [5, 5.41) is 8.87. The Morgan fingerprint density at radius 3 is 2.32 bits per heavy atom. The molecular weight excluding hydrogens is 366 g/mol. The van der Waals surface area contributed by atoms with Crippen LogP contribution in [0.25, 0.3) is 4.96 Å². The Labute approximate surface area is 168 Å². The molecule has 0 radical (unpaired) electrons. The Morgan fingerprint density at radius 2 is 1.71 bits per heavy atom. The molecular formula is C22H23N5S. The van der Waals surface area contributed by atoms with Crippen LogP contribution < -0.4 is 10.6 Å². The molecule has 0 saturated heterocycles. The van der Waals surface area contributed by atoms with Crippen molar-refractivity contribution in [2.75, 3.05) is 13.6 Å². The molecule has 0 saturated carbocycles. The Hall–Kier alpha value is -3.12. The summed E-state index contributed by atoms with van der Waals surface area (Å²) >= 11 is 1.64. The van der Waals surface area contributed by atoms with Crippen LogP contribution in [0.3, 0.4) is 0 Å². The number of fused-ring (bicyclic) bond motifs is 1. The molecule has 0 unspecified atom stereocenters. The molecule has 0 bridgehead atoms. The molecule has 0 aliphatic carbocycles. The topological polar surface area (TPSA) is 53.7 Å². The van der Waals surface area contributed by atoms with Gasteiger partial charge < -0.3 is 10.6 Å². The number of hydrogen-bond acceptors (Lipinski definition) is 3. The third kappa shape index (κ3) is 4.23. The Kier molecular flexibility index (Phi) is 5.68. The predicted molar refractivity (Wildman–Crippen MR) is 116 cm³/mol. The monoisotopic (exact) mass is 389 g/mol. The van der Waals surface area contributed by atoms with E-state index in [1.807, 2.05) is 22.2 Å². The second kappa shape index (κ2) is 8.71. The molecule has 142 valence electrons. The number of aliphatic imine (C=N–C) groups is 1. The lowest BCUT2D eigenvalue weighted by Gasteiger charge is -2.20. The van der Waals surface area contributed by atoms with Crippen molar-refractivity contribution in [3.63, 3.8) is 0 Å². The molecule has 0 aliphatic rings. The molecule has 2 aromatic carbocycles. The lowest BCUT2D eigenvalue weighted by Crippen LogP contribution is -2.39. The number of guanidine groups is 1. The van der Waals surface area contributed by atoms with Gasteiger partial charge >= 0.3 is 0 Å². The fourth-order valence-corrected chi connectivity index (χ4v) is 3.97. The van der Waals surface area contributed by atoms with Gasteiger partial charge in [0, 0.05) is 37.3 Å². The number of benzene rings is 2. The van der Waals surface area contributed by atoms with Crippen molar-refractivity contribution in [3.8, 4) is 0 Å². The highest BCUT2D eigenvalue weighted by molar-refractivity contribution is 7.15. The van der Waals surface area contributed by atoms with Gasteiger partial charge in [0.2, 0.25) is 0 Å². The van der Waals surface area contributed by atoms with Gasteiger partial charge in [0.1, 0.15) is 0 Å². The molecule has 2 aromatic heterocycles. The highest BCUT2D eigenvalue weighted by atomic mass is 32.1. The van der Waals surface area contributed by atoms with E-state index in [9.17, 15) is 0 Å². The highest BCUT2D eigenvalue weighted by Gasteiger charge is 2.14. The third-order valence-corrected chi connectivity index (χ3v) is 5.45. The lowest BCUT2D eigenvalue weighted by atomic mass is 9.91. The molecule has 2 N–H and O–H groups in total. The number of thiazole rings is 1. The standard InChI is InChI=1S/C22H23N5S/c1-23-21(24-14-19-16-27-12-13-28-22(27)26-19)25-15-20(17-8-4-2-5-9-17)18-10-6-3-7-11-18/h2-13,16,20H,14-15H2,1H3,(H2,23,24,25). The first kappa shape index (κ1) is 18.3. The van der Waals surface area contributed by atoms with Crippen LogP contribution in [0.1, 0.15) is 22.7 Å². The van der Waals surface area contributed by atoms with Crippen LogP contribution in [0.5, 0.6) is 0 Å². The van der Waals surface area contributed by atoms with Gasteiger partial charge in [-0.3, -0.25) is 9.39 Å². The maximum absolute atomic E-state index is 4.61. The number of nitrogens with one attached hydrogen (secondary N) is 2. The predicted octanol–water partition coefficient (Wildman–Crippen LogP) is 3.89. The summed E-state index contributed by atoms with van der Waals surface area (Å²) in [5.41, 5.74) is 3.56. The minimum absolute atomic E-state index is 0.249. The van der Waals surface area contributed by atoms with Gasteiger partial charge in [-0.05, 0) is 11.1 Å². The van der Waals surface area contributed by atoms with E-state index in [4.69, 9.17) is 0 Å². The molecule has 0 atom stereocenters. The first-order chi connectivity index (χ1) is 13.8. The summed E-state index contributed by atoms with van der Waals surface area (Å²) in [7, 11) is 1.79. The van der Waals surface area contributed by atoms with E-state index in [2.05, 4.69) is 81.3 Å². The van der Waals surface area contributed by atoms with Gasteiger partial charge in [-0.2, -0.15) is 0 Å². The van der Waals surface area contributed by atoms with Crippen molar-refractivity contribution < 1.29 is 0 Å². The van der Waals surface area contributed by atoms with E-state index >= 15 is 0 Å². The lowest BCUT2D eigenvalue weighted by molar-refractivity contribution is 0.725. The van der Waals surface area contributed by atoms with Gasteiger partial charge in [0.25, 0.3) is 0 Å². The second-order valence-electron chi connectivity index (χ2n) is 6.51. The Morgan fingerprint density at radius 1 is 1.04 bits per heavy atom. The zero-order valence-electron chi connectivity index (χ0n) is 15.7. The zero-order valence-corrected chi connectivity index (χ0v) is 16.6. The summed E-state index contributed by atoms with van der Waals surface area (Å²) in [4.78, 5) is 9.98. The molecule has 0 amide bonds. The van der Waals surface area contributed by atoms with E-state index in [0.717, 1.165) is 23.2 Å². The molecule has 5 nitrogen and oxygen atoms in total. The van der Waals surface area contributed by atoms with Gasteiger partial charge in [-0.25, -0.2) is 4.98 Å². The average Bonchev–Trinajstić information content (AvgIpc) is 3.34. The Balaban J connectivity index is 1.42. The maximum atomic E-state index is 4.61. The van der Waals surface area contributed by atoms with E-state index < -0.39 is 0 Å². The van der Waals surface area contributed by atoms with Crippen LogP contribution in [-0.4, -0.2) is 28.9 Å². The van der Waals surface area contributed by atoms with Gasteiger partial charge in [0.05, 0.1) is 12.2 Å². The largest absolute Gasteiger partial charge is 0.355 e. The molecule has 0 aliphatic heterocycles. The number of rotatable bonds is 6. The van der Waals surface area contributed by atoms with E-state index in [1.165, 1.54) is 11.1 Å². The number of imidazole rings is 1. The average molecular weight is 390 g/mol. The van der Waals surface area contributed by atoms with Crippen molar-refractivity contribution in [1.82, 2.24) is 20.0 Å². The summed E-state index contributed by atoms with van der Waals surface area (Å²) < 4.78 is 2.04. The van der Waals surface area contributed by atoms with Gasteiger partial charge in [-0.15, -0.1) is 11.3 Å². The fraction of sp³-hybridized carbons (Fsp3) is 0.182. The zero-order chi connectivity index (χ0) is 19.2. The number of hydrogen-bond donors (Lipinski definition) is 2. The molecule has 28 heavy (non-hydrogen) atoms. The molecule has 4 aromatic rings. The fourth-order valence-electron chi connectivity index (χ4n) is 3.25. The van der Waals surface area contributed by atoms with Crippen molar-refractivity contribution in [2.45, 2.75) is 12.5 Å². The van der Waals surface area contributed by atoms with Crippen LogP contribution in [0, 0.1) is 0 Å². The number of nitrogens with zero attached hydrogens (tertiary/aromatic N) is 3. The highest BCUT2D eigenvalue weighted by Crippen LogP contribution is 2.23. The summed E-state index contributed by atoms with van der Waals surface area (Å²) in [6.07, 6.45) is 4.07. The second-order valence-corrected chi connectivity index (χ2v) is 7.38. The number of aromatic nitrogens is 2. The quantitative estimate of drug-likeness (QED) is 0.389. The van der Waals surface area contributed by atoms with E-state index in [-0.39, 0.29) is 5.92 Å². The van der Waals surface area contributed by atoms with Crippen LogP contribution in [0.15, 0.2) is 83.4 Å². The van der Waals surface area contributed by atoms with Crippen molar-refractivity contribution >= 4 is 22.3 Å². The molecule has 4 rings (SSSR count). The maximum Gasteiger partial charge on any atom is 0.193 e. The summed E-state index contributed by atoms with van der Waals surface area (Å²) in [5.74, 6) is 1.02. The van der Waals surface area contributed by atoms with Crippen molar-refractivity contribution in [1.29, 1.82) is 0 Å². The van der Waals surface area contributed by atoms with Crippen molar-refractivity contribution in [2.24, 2.45) is 4.99 Å². The van der Waals surface area contributed by atoms with E-state index in [1.54, 1.807) is 18.4 Å². The Bertz CT molecular complexity index is 968. The minimum atomic E-state index is 0.249. The summed E-state index contributed by atoms with van der Waals surface area (Å²) in [6.45, 7) is 1.39. The molecule has 0 spiro atoms. The smallest absolute Gasteiger partial charge is 0.193 e. The van der Waals surface area contributed by atoms with Crippen LogP contribution in [0.2, 0.25) is 0 Å². The van der Waals surface area contributed by atoms with Crippen molar-refractivity contribution in [3.05, 3.63) is 95.3 Å². The molecule has 6 heteroatoms. The van der Waals surface area contributed by atoms with Gasteiger partial charge in [0.15, 0.2) is 10.9 Å². The first-order valence-electron chi connectivity index (χ1n) is 9.29. The summed E-state index contributed by atoms with van der Waals surface area (Å²) in [6, 6.07) is 21.1. The van der Waals surface area contributed by atoms with Gasteiger partial charge in [-0.1, -0.05) is 60.7 Å². The normalized spacial score (nSPS) is 11.9. The van der Waals surface area contributed by atoms with Crippen LogP contribution in [0.4, 0.5) is 0 Å².